The van der Waals surface area contributed by atoms with Crippen molar-refractivity contribution in [2.24, 2.45) is 22.7 Å². The van der Waals surface area contributed by atoms with E-state index in [9.17, 15) is 0 Å². The molecule has 2 nitrogen and oxygen atoms in total. The molecule has 0 N–H and O–H groups in total. The van der Waals surface area contributed by atoms with E-state index in [1.165, 1.54) is 64.8 Å². The molecule has 2 aliphatic heterocycles. The Balaban J connectivity index is 1.91. The van der Waals surface area contributed by atoms with Gasteiger partial charge in [0, 0.05) is 5.54 Å². The molecule has 2 fully saturated rings. The van der Waals surface area contributed by atoms with Crippen LogP contribution in [-0.4, -0.2) is 48.1 Å². The normalized spacial score (nSPS) is 24.0. The van der Waals surface area contributed by atoms with Crippen LogP contribution in [0.25, 0.3) is 0 Å². The second-order valence-corrected chi connectivity index (χ2v) is 11.3. The summed E-state index contributed by atoms with van der Waals surface area (Å²) < 4.78 is 0. The number of likely N-dealkylation sites (tertiary alicyclic amines) is 2. The molecule has 0 aromatic rings. The lowest BCUT2D eigenvalue weighted by atomic mass is 9.67. The van der Waals surface area contributed by atoms with Gasteiger partial charge in [0.25, 0.3) is 0 Å². The molecule has 148 valence electrons. The first-order valence-electron chi connectivity index (χ1n) is 10.9. The van der Waals surface area contributed by atoms with Crippen molar-refractivity contribution in [1.82, 2.24) is 9.80 Å². The molecule has 0 bridgehead atoms. The molecule has 0 spiro atoms. The molecule has 0 aromatic carbocycles. The highest BCUT2D eigenvalue weighted by molar-refractivity contribution is 4.94. The van der Waals surface area contributed by atoms with Crippen molar-refractivity contribution in [3.8, 4) is 0 Å². The summed E-state index contributed by atoms with van der Waals surface area (Å²) in [6.45, 7) is 26.1. The molecule has 0 unspecified atom stereocenters. The molecule has 2 rings (SSSR count). The van der Waals surface area contributed by atoms with E-state index < -0.39 is 0 Å². The third-order valence-corrected chi connectivity index (χ3v) is 7.60. The van der Waals surface area contributed by atoms with Crippen molar-refractivity contribution < 1.29 is 0 Å². The van der Waals surface area contributed by atoms with Crippen LogP contribution in [0.4, 0.5) is 0 Å². The van der Waals surface area contributed by atoms with Gasteiger partial charge in [-0.15, -0.1) is 0 Å². The van der Waals surface area contributed by atoms with Crippen LogP contribution in [0.15, 0.2) is 0 Å². The molecular formula is C23H46N2. The SMILES string of the molecule is CCN1CCC(C(C)(C)CC(C)(C)N2CCC(C(C)(C)C)CC2)CC1. The highest BCUT2D eigenvalue weighted by Crippen LogP contribution is 2.44. The summed E-state index contributed by atoms with van der Waals surface area (Å²) in [6, 6.07) is 0. The van der Waals surface area contributed by atoms with Crippen molar-refractivity contribution in [3.63, 3.8) is 0 Å². The predicted octanol–water partition coefficient (Wildman–Crippen LogP) is 5.67. The van der Waals surface area contributed by atoms with Gasteiger partial charge in [-0.2, -0.15) is 0 Å². The molecule has 0 radical (unpaired) electrons. The van der Waals surface area contributed by atoms with Gasteiger partial charge in [0.05, 0.1) is 0 Å². The van der Waals surface area contributed by atoms with E-state index in [-0.39, 0.29) is 0 Å². The first-order chi connectivity index (χ1) is 11.5. The summed E-state index contributed by atoms with van der Waals surface area (Å²) in [5.74, 6) is 1.78. The van der Waals surface area contributed by atoms with Crippen LogP contribution in [0.3, 0.4) is 0 Å². The highest BCUT2D eigenvalue weighted by atomic mass is 15.2. The predicted molar refractivity (Wildman–Crippen MR) is 111 cm³/mol. The number of piperidine rings is 2. The van der Waals surface area contributed by atoms with Crippen LogP contribution < -0.4 is 0 Å². The first-order valence-corrected chi connectivity index (χ1v) is 10.9. The second-order valence-electron chi connectivity index (χ2n) is 11.3. The summed E-state index contributed by atoms with van der Waals surface area (Å²) in [4.78, 5) is 5.42. The number of rotatable bonds is 5. The number of hydrogen-bond donors (Lipinski definition) is 0. The van der Waals surface area contributed by atoms with Gasteiger partial charge in [0.15, 0.2) is 0 Å². The highest BCUT2D eigenvalue weighted by Gasteiger charge is 2.41. The molecule has 25 heavy (non-hydrogen) atoms. The average Bonchev–Trinajstić information content (AvgIpc) is 2.53. The molecule has 2 saturated heterocycles. The van der Waals surface area contributed by atoms with Crippen LogP contribution in [-0.2, 0) is 0 Å². The monoisotopic (exact) mass is 350 g/mol. The summed E-state index contributed by atoms with van der Waals surface area (Å²) >= 11 is 0. The zero-order valence-electron chi connectivity index (χ0n) is 18.6. The molecule has 2 aliphatic rings. The Kier molecular flexibility index (Phi) is 6.69. The van der Waals surface area contributed by atoms with Crippen molar-refractivity contribution >= 4 is 0 Å². The molecule has 2 heteroatoms. The third-order valence-electron chi connectivity index (χ3n) is 7.60. The van der Waals surface area contributed by atoms with Crippen molar-refractivity contribution in [1.29, 1.82) is 0 Å². The van der Waals surface area contributed by atoms with Gasteiger partial charge in [-0.3, -0.25) is 4.90 Å². The Bertz CT molecular complexity index is 402. The number of hydrogen-bond acceptors (Lipinski definition) is 2. The number of nitrogens with zero attached hydrogens (tertiary/aromatic N) is 2. The first kappa shape index (κ1) is 21.2. The molecular weight excluding hydrogens is 304 g/mol. The lowest BCUT2D eigenvalue weighted by Crippen LogP contribution is -2.52. The van der Waals surface area contributed by atoms with Gasteiger partial charge in [-0.25, -0.2) is 0 Å². The Morgan fingerprint density at radius 1 is 0.720 bits per heavy atom. The standard InChI is InChI=1S/C23H46N2/c1-9-24-14-10-20(11-15-24)22(5,6)18-23(7,8)25-16-12-19(13-17-25)21(2,3)4/h19-20H,9-18H2,1-8H3. The van der Waals surface area contributed by atoms with Gasteiger partial charge < -0.3 is 4.90 Å². The maximum atomic E-state index is 2.80. The zero-order valence-corrected chi connectivity index (χ0v) is 18.6. The summed E-state index contributed by atoms with van der Waals surface area (Å²) in [7, 11) is 0. The largest absolute Gasteiger partial charge is 0.304 e. The van der Waals surface area contributed by atoms with E-state index in [4.69, 9.17) is 0 Å². The fourth-order valence-corrected chi connectivity index (χ4v) is 5.75. The summed E-state index contributed by atoms with van der Waals surface area (Å²) in [5, 5.41) is 0. The minimum atomic E-state index is 0.328. The zero-order chi connectivity index (χ0) is 18.9. The molecule has 0 saturated carbocycles. The topological polar surface area (TPSA) is 6.48 Å². The van der Waals surface area contributed by atoms with Crippen LogP contribution >= 0.6 is 0 Å². The van der Waals surface area contributed by atoms with Gasteiger partial charge >= 0.3 is 0 Å². The van der Waals surface area contributed by atoms with Gasteiger partial charge in [-0.05, 0) is 101 Å². The quantitative estimate of drug-likeness (QED) is 0.630. The van der Waals surface area contributed by atoms with Crippen LogP contribution in [0.1, 0.15) is 87.5 Å². The third kappa shape index (κ3) is 5.45. The van der Waals surface area contributed by atoms with E-state index in [0.717, 1.165) is 11.8 Å². The van der Waals surface area contributed by atoms with E-state index in [1.807, 2.05) is 0 Å². The Hall–Kier alpha value is -0.0800. The summed E-state index contributed by atoms with van der Waals surface area (Å²) in [6.07, 6.45) is 6.87. The van der Waals surface area contributed by atoms with Crippen LogP contribution in [0.5, 0.6) is 0 Å². The maximum Gasteiger partial charge on any atom is 0.0158 e. The van der Waals surface area contributed by atoms with Gasteiger partial charge in [-0.1, -0.05) is 41.5 Å². The molecule has 0 atom stereocenters. The van der Waals surface area contributed by atoms with Crippen molar-refractivity contribution in [2.75, 3.05) is 32.7 Å². The van der Waals surface area contributed by atoms with Crippen molar-refractivity contribution in [2.45, 2.75) is 93.0 Å². The molecule has 0 aliphatic carbocycles. The lowest BCUT2D eigenvalue weighted by molar-refractivity contribution is -0.00269. The van der Waals surface area contributed by atoms with E-state index in [2.05, 4.69) is 65.2 Å². The van der Waals surface area contributed by atoms with Crippen molar-refractivity contribution in [3.05, 3.63) is 0 Å². The average molecular weight is 351 g/mol. The Morgan fingerprint density at radius 3 is 1.64 bits per heavy atom. The summed E-state index contributed by atoms with van der Waals surface area (Å²) in [5.41, 5.74) is 1.25. The maximum absolute atomic E-state index is 2.80. The van der Waals surface area contributed by atoms with Crippen LogP contribution in [0.2, 0.25) is 0 Å². The minimum absolute atomic E-state index is 0.328. The van der Waals surface area contributed by atoms with E-state index in [0.29, 0.717) is 16.4 Å². The molecule has 2 heterocycles. The van der Waals surface area contributed by atoms with E-state index >= 15 is 0 Å². The fourth-order valence-electron chi connectivity index (χ4n) is 5.75. The Labute approximate surface area is 158 Å². The fraction of sp³-hybridized carbons (Fsp3) is 1.00. The minimum Gasteiger partial charge on any atom is -0.304 e. The molecule has 0 amide bonds. The molecule has 0 aromatic heterocycles. The smallest absolute Gasteiger partial charge is 0.0158 e. The van der Waals surface area contributed by atoms with Gasteiger partial charge in [0.1, 0.15) is 0 Å². The Morgan fingerprint density at radius 2 is 1.20 bits per heavy atom. The second kappa shape index (κ2) is 7.89. The lowest BCUT2D eigenvalue weighted by Gasteiger charge is -2.50. The van der Waals surface area contributed by atoms with Crippen LogP contribution in [0, 0.1) is 22.7 Å². The van der Waals surface area contributed by atoms with E-state index in [1.54, 1.807) is 0 Å². The van der Waals surface area contributed by atoms with Gasteiger partial charge in [0.2, 0.25) is 0 Å².